The second-order valence-electron chi connectivity index (χ2n) is 5.17. The number of carboxylic acid groups (broad SMARTS) is 1. The Kier molecular flexibility index (Phi) is 5.36. The van der Waals surface area contributed by atoms with E-state index in [9.17, 15) is 9.59 Å². The van der Waals surface area contributed by atoms with Crippen molar-refractivity contribution in [1.29, 1.82) is 0 Å². The van der Waals surface area contributed by atoms with Crippen LogP contribution in [0.5, 0.6) is 0 Å². The van der Waals surface area contributed by atoms with Crippen molar-refractivity contribution in [2.75, 3.05) is 11.9 Å². The average molecular weight is 356 g/mol. The quantitative estimate of drug-likeness (QED) is 0.820. The van der Waals surface area contributed by atoms with Gasteiger partial charge in [-0.2, -0.15) is 0 Å². The lowest BCUT2D eigenvalue weighted by molar-refractivity contribution is -0.119. The molecular weight excluding hydrogens is 338 g/mol. The fourth-order valence-electron chi connectivity index (χ4n) is 2.43. The number of hydrogen-bond donors (Lipinski definition) is 2. The summed E-state index contributed by atoms with van der Waals surface area (Å²) >= 11 is 3.31. The van der Waals surface area contributed by atoms with Gasteiger partial charge in [0, 0.05) is 17.5 Å². The first-order valence-electron chi connectivity index (χ1n) is 6.94. The molecule has 0 aromatic heterocycles. The maximum atomic E-state index is 12.0. The molecule has 5 nitrogen and oxygen atoms in total. The van der Waals surface area contributed by atoms with Crippen LogP contribution in [-0.2, 0) is 9.53 Å². The van der Waals surface area contributed by atoms with Gasteiger partial charge in [-0.25, -0.2) is 4.79 Å². The van der Waals surface area contributed by atoms with Gasteiger partial charge in [0.05, 0.1) is 17.4 Å². The predicted octanol–water partition coefficient (Wildman–Crippen LogP) is 3.29. The molecule has 0 spiro atoms. The van der Waals surface area contributed by atoms with Crippen LogP contribution >= 0.6 is 15.9 Å². The molecule has 1 fully saturated rings. The highest BCUT2D eigenvalue weighted by atomic mass is 79.9. The summed E-state index contributed by atoms with van der Waals surface area (Å²) in [6.07, 6.45) is 2.55. The molecule has 2 N–H and O–H groups in total. The molecule has 2 rings (SSSR count). The van der Waals surface area contributed by atoms with Gasteiger partial charge in [0.15, 0.2) is 0 Å². The van der Waals surface area contributed by atoms with E-state index in [2.05, 4.69) is 21.2 Å². The normalized spacial score (nSPS) is 20.7. The Labute approximate surface area is 131 Å². The van der Waals surface area contributed by atoms with Crippen molar-refractivity contribution in [1.82, 2.24) is 0 Å². The van der Waals surface area contributed by atoms with Crippen molar-refractivity contribution < 1.29 is 19.4 Å². The maximum absolute atomic E-state index is 12.0. The number of rotatable bonds is 6. The van der Waals surface area contributed by atoms with E-state index < -0.39 is 5.97 Å². The SMILES string of the molecule is CCOC1CC(CC(=O)Nc2cc(C(=O)O)ccc2Br)C1. The lowest BCUT2D eigenvalue weighted by Crippen LogP contribution is -2.33. The van der Waals surface area contributed by atoms with E-state index >= 15 is 0 Å². The highest BCUT2D eigenvalue weighted by molar-refractivity contribution is 9.10. The fourth-order valence-corrected chi connectivity index (χ4v) is 2.78. The molecule has 1 amide bonds. The first kappa shape index (κ1) is 16.0. The lowest BCUT2D eigenvalue weighted by atomic mass is 9.80. The van der Waals surface area contributed by atoms with Crippen LogP contribution in [0.4, 0.5) is 5.69 Å². The predicted molar refractivity (Wildman–Crippen MR) is 82.5 cm³/mol. The van der Waals surface area contributed by atoms with Gasteiger partial charge < -0.3 is 15.2 Å². The number of benzene rings is 1. The zero-order valence-electron chi connectivity index (χ0n) is 11.8. The number of aromatic carboxylic acids is 1. The number of ether oxygens (including phenoxy) is 1. The monoisotopic (exact) mass is 355 g/mol. The zero-order valence-corrected chi connectivity index (χ0v) is 13.4. The molecule has 21 heavy (non-hydrogen) atoms. The molecule has 0 heterocycles. The Morgan fingerprint density at radius 3 is 2.76 bits per heavy atom. The van der Waals surface area contributed by atoms with Crippen LogP contribution in [0.2, 0.25) is 0 Å². The highest BCUT2D eigenvalue weighted by Crippen LogP contribution is 2.33. The molecule has 6 heteroatoms. The summed E-state index contributed by atoms with van der Waals surface area (Å²) in [6, 6.07) is 4.56. The summed E-state index contributed by atoms with van der Waals surface area (Å²) in [7, 11) is 0. The largest absolute Gasteiger partial charge is 0.478 e. The Morgan fingerprint density at radius 1 is 1.43 bits per heavy atom. The molecule has 0 aliphatic heterocycles. The van der Waals surface area contributed by atoms with E-state index in [1.807, 2.05) is 6.92 Å². The summed E-state index contributed by atoms with van der Waals surface area (Å²) < 4.78 is 6.13. The topological polar surface area (TPSA) is 75.6 Å². The minimum Gasteiger partial charge on any atom is -0.478 e. The molecule has 0 saturated heterocycles. The van der Waals surface area contributed by atoms with Crippen LogP contribution in [-0.4, -0.2) is 29.7 Å². The van der Waals surface area contributed by atoms with Crippen molar-refractivity contribution in [2.24, 2.45) is 5.92 Å². The van der Waals surface area contributed by atoms with Crippen molar-refractivity contribution in [2.45, 2.75) is 32.3 Å². The van der Waals surface area contributed by atoms with Crippen molar-refractivity contribution >= 4 is 33.5 Å². The maximum Gasteiger partial charge on any atom is 0.335 e. The third kappa shape index (κ3) is 4.28. The molecule has 1 aromatic rings. The number of hydrogen-bond acceptors (Lipinski definition) is 3. The van der Waals surface area contributed by atoms with E-state index in [0.29, 0.717) is 29.1 Å². The average Bonchev–Trinajstić information content (AvgIpc) is 2.38. The van der Waals surface area contributed by atoms with Crippen LogP contribution in [0, 0.1) is 5.92 Å². The van der Waals surface area contributed by atoms with E-state index in [0.717, 1.165) is 12.8 Å². The van der Waals surface area contributed by atoms with Crippen molar-refractivity contribution in [3.05, 3.63) is 28.2 Å². The van der Waals surface area contributed by atoms with E-state index in [4.69, 9.17) is 9.84 Å². The Morgan fingerprint density at radius 2 is 2.14 bits per heavy atom. The molecule has 1 saturated carbocycles. The highest BCUT2D eigenvalue weighted by Gasteiger charge is 2.31. The molecule has 1 aliphatic carbocycles. The summed E-state index contributed by atoms with van der Waals surface area (Å²) in [5.74, 6) is -0.766. The molecule has 114 valence electrons. The molecule has 1 aliphatic rings. The minimum absolute atomic E-state index is 0.0989. The second kappa shape index (κ2) is 7.04. The third-order valence-corrected chi connectivity index (χ3v) is 4.25. The van der Waals surface area contributed by atoms with Crippen LogP contribution < -0.4 is 5.32 Å². The van der Waals surface area contributed by atoms with Gasteiger partial charge in [0.1, 0.15) is 0 Å². The Balaban J connectivity index is 1.88. The van der Waals surface area contributed by atoms with Crippen molar-refractivity contribution in [3.63, 3.8) is 0 Å². The second-order valence-corrected chi connectivity index (χ2v) is 6.02. The van der Waals surface area contributed by atoms with Gasteiger partial charge in [0.25, 0.3) is 0 Å². The summed E-state index contributed by atoms with van der Waals surface area (Å²) in [6.45, 7) is 2.67. The number of anilines is 1. The Bertz CT molecular complexity index is 540. The molecule has 0 unspecified atom stereocenters. The van der Waals surface area contributed by atoms with Crippen LogP contribution in [0.3, 0.4) is 0 Å². The van der Waals surface area contributed by atoms with Crippen LogP contribution in [0.15, 0.2) is 22.7 Å². The molecule has 0 bridgehead atoms. The van der Waals surface area contributed by atoms with Crippen LogP contribution in [0.1, 0.15) is 36.5 Å². The number of halogens is 1. The summed E-state index contributed by atoms with van der Waals surface area (Å²) in [5.41, 5.74) is 0.633. The smallest absolute Gasteiger partial charge is 0.335 e. The first-order valence-corrected chi connectivity index (χ1v) is 7.73. The van der Waals surface area contributed by atoms with Gasteiger partial charge in [-0.3, -0.25) is 4.79 Å². The number of carbonyl (C=O) groups excluding carboxylic acids is 1. The minimum atomic E-state index is -1.02. The van der Waals surface area contributed by atoms with Gasteiger partial charge in [-0.15, -0.1) is 0 Å². The molecule has 1 aromatic carbocycles. The number of nitrogens with one attached hydrogen (secondary N) is 1. The zero-order chi connectivity index (χ0) is 15.4. The molecule has 0 radical (unpaired) electrons. The fraction of sp³-hybridized carbons (Fsp3) is 0.467. The summed E-state index contributed by atoms with van der Waals surface area (Å²) in [5, 5.41) is 11.7. The van der Waals surface area contributed by atoms with Gasteiger partial charge in [0.2, 0.25) is 5.91 Å². The van der Waals surface area contributed by atoms with Gasteiger partial charge in [-0.1, -0.05) is 0 Å². The van der Waals surface area contributed by atoms with Gasteiger partial charge >= 0.3 is 5.97 Å². The van der Waals surface area contributed by atoms with Crippen LogP contribution in [0.25, 0.3) is 0 Å². The number of amides is 1. The van der Waals surface area contributed by atoms with E-state index in [1.165, 1.54) is 12.1 Å². The molecule has 0 atom stereocenters. The van der Waals surface area contributed by atoms with Gasteiger partial charge in [-0.05, 0) is 59.8 Å². The van der Waals surface area contributed by atoms with E-state index in [-0.39, 0.29) is 17.6 Å². The van der Waals surface area contributed by atoms with Crippen molar-refractivity contribution in [3.8, 4) is 0 Å². The molecular formula is C15H18BrNO4. The number of carbonyl (C=O) groups is 2. The lowest BCUT2D eigenvalue weighted by Gasteiger charge is -2.34. The Hall–Kier alpha value is -1.40. The number of carboxylic acids is 1. The third-order valence-electron chi connectivity index (χ3n) is 3.56. The standard InChI is InChI=1S/C15H18BrNO4/c1-2-21-11-5-9(6-11)7-14(18)17-13-8-10(15(19)20)3-4-12(13)16/h3-4,8-9,11H,2,5-7H2,1H3,(H,17,18)(H,19,20). The summed E-state index contributed by atoms with van der Waals surface area (Å²) in [4.78, 5) is 22.9. The van der Waals surface area contributed by atoms with E-state index in [1.54, 1.807) is 6.07 Å². The first-order chi connectivity index (χ1) is 9.99.